The zero-order chi connectivity index (χ0) is 23.8. The third-order valence-electron chi connectivity index (χ3n) is 4.75. The Labute approximate surface area is 190 Å². The van der Waals surface area contributed by atoms with Gasteiger partial charge in [-0.2, -0.15) is 13.2 Å². The third-order valence-corrected chi connectivity index (χ3v) is 5.07. The van der Waals surface area contributed by atoms with E-state index in [9.17, 15) is 22.4 Å². The molecule has 5 nitrogen and oxygen atoms in total. The van der Waals surface area contributed by atoms with E-state index >= 15 is 0 Å². The van der Waals surface area contributed by atoms with Crippen LogP contribution in [-0.4, -0.2) is 16.0 Å². The van der Waals surface area contributed by atoms with E-state index in [1.165, 1.54) is 19.3 Å². The predicted octanol–water partition coefficient (Wildman–Crippen LogP) is 6.90. The summed E-state index contributed by atoms with van der Waals surface area (Å²) >= 11 is 6.29. The lowest BCUT2D eigenvalue weighted by atomic mass is 9.99. The molecule has 0 spiro atoms. The number of alkyl halides is 3. The fourth-order valence-electron chi connectivity index (χ4n) is 3.36. The monoisotopic (exact) mass is 475 g/mol. The van der Waals surface area contributed by atoms with Gasteiger partial charge in [0.1, 0.15) is 11.5 Å². The fraction of sp³-hybridized carbons (Fsp3) is 0.0870. The first-order valence-corrected chi connectivity index (χ1v) is 9.88. The molecule has 2 aromatic carbocycles. The summed E-state index contributed by atoms with van der Waals surface area (Å²) in [5, 5.41) is 4.15. The maximum Gasteiger partial charge on any atom is 0.416 e. The Morgan fingerprint density at radius 3 is 2.36 bits per heavy atom. The zero-order valence-corrected chi connectivity index (χ0v) is 17.7. The standard InChI is InChI=1S/C23H14ClF4N3O2/c1-13(32)31(19-5-3-2-4-18(19)24)22-20(14-6-8-29-9-7-14)21(30-33-22)15-10-16(23(26,27)28)12-17(25)11-15/h2-12H,1H3. The predicted molar refractivity (Wildman–Crippen MR) is 114 cm³/mol. The van der Waals surface area contributed by atoms with E-state index in [0.29, 0.717) is 11.6 Å². The maximum atomic E-state index is 14.1. The largest absolute Gasteiger partial charge is 0.416 e. The molecule has 1 amide bonds. The quantitative estimate of drug-likeness (QED) is 0.301. The Morgan fingerprint density at radius 2 is 1.73 bits per heavy atom. The number of amides is 1. The van der Waals surface area contributed by atoms with Crippen molar-refractivity contribution in [3.63, 3.8) is 0 Å². The second kappa shape index (κ2) is 8.67. The van der Waals surface area contributed by atoms with Gasteiger partial charge in [-0.25, -0.2) is 9.29 Å². The highest BCUT2D eigenvalue weighted by molar-refractivity contribution is 6.34. The Kier molecular flexibility index (Phi) is 5.90. The smallest absolute Gasteiger partial charge is 0.337 e. The van der Waals surface area contributed by atoms with Crippen molar-refractivity contribution < 1.29 is 26.9 Å². The van der Waals surface area contributed by atoms with Crippen LogP contribution >= 0.6 is 11.6 Å². The second-order valence-electron chi connectivity index (χ2n) is 6.98. The summed E-state index contributed by atoms with van der Waals surface area (Å²) < 4.78 is 59.5. The lowest BCUT2D eigenvalue weighted by molar-refractivity contribution is -0.137. The average Bonchev–Trinajstić information content (AvgIpc) is 3.19. The van der Waals surface area contributed by atoms with Crippen molar-refractivity contribution in [1.29, 1.82) is 0 Å². The van der Waals surface area contributed by atoms with E-state index < -0.39 is 23.5 Å². The molecule has 0 saturated heterocycles. The van der Waals surface area contributed by atoms with Crippen LogP contribution in [0.15, 0.2) is 71.5 Å². The van der Waals surface area contributed by atoms with E-state index in [1.54, 1.807) is 36.4 Å². The number of halogens is 5. The summed E-state index contributed by atoms with van der Waals surface area (Å²) in [6.07, 6.45) is -1.87. The van der Waals surface area contributed by atoms with Gasteiger partial charge in [0.05, 0.1) is 21.8 Å². The van der Waals surface area contributed by atoms with Crippen LogP contribution in [-0.2, 0) is 11.0 Å². The molecule has 2 aromatic heterocycles. The van der Waals surface area contributed by atoms with Gasteiger partial charge in [0.15, 0.2) is 0 Å². The van der Waals surface area contributed by atoms with Crippen LogP contribution in [0.2, 0.25) is 5.02 Å². The van der Waals surface area contributed by atoms with Gasteiger partial charge in [-0.3, -0.25) is 9.78 Å². The molecule has 4 aromatic rings. The molecule has 0 N–H and O–H groups in total. The van der Waals surface area contributed by atoms with Gasteiger partial charge < -0.3 is 4.52 Å². The average molecular weight is 476 g/mol. The number of carbonyl (C=O) groups is 1. The summed E-state index contributed by atoms with van der Waals surface area (Å²) in [7, 11) is 0. The SMILES string of the molecule is CC(=O)N(c1ccccc1Cl)c1onc(-c2cc(F)cc(C(F)(F)F)c2)c1-c1ccncc1. The molecule has 4 rings (SSSR count). The molecule has 0 saturated carbocycles. The molecule has 0 atom stereocenters. The second-order valence-corrected chi connectivity index (χ2v) is 7.39. The van der Waals surface area contributed by atoms with Crippen LogP contribution < -0.4 is 4.90 Å². The van der Waals surface area contributed by atoms with Gasteiger partial charge in [0.2, 0.25) is 11.8 Å². The number of para-hydroxylation sites is 1. The van der Waals surface area contributed by atoms with Crippen LogP contribution in [0.25, 0.3) is 22.4 Å². The first-order chi connectivity index (χ1) is 15.7. The van der Waals surface area contributed by atoms with Crippen molar-refractivity contribution in [2.24, 2.45) is 0 Å². The number of aromatic nitrogens is 2. The minimum absolute atomic E-state index is 0.0838. The molecule has 0 bridgehead atoms. The fourth-order valence-corrected chi connectivity index (χ4v) is 3.58. The molecule has 0 aliphatic carbocycles. The van der Waals surface area contributed by atoms with E-state index in [0.717, 1.165) is 17.0 Å². The van der Waals surface area contributed by atoms with E-state index in [4.69, 9.17) is 16.1 Å². The number of hydrogen-bond acceptors (Lipinski definition) is 4. The number of anilines is 2. The van der Waals surface area contributed by atoms with E-state index in [1.807, 2.05) is 0 Å². The molecule has 10 heteroatoms. The molecule has 0 aliphatic heterocycles. The number of hydrogen-bond donors (Lipinski definition) is 0. The van der Waals surface area contributed by atoms with Gasteiger partial charge in [-0.1, -0.05) is 28.9 Å². The van der Waals surface area contributed by atoms with Crippen LogP contribution in [0.1, 0.15) is 12.5 Å². The van der Waals surface area contributed by atoms with Crippen LogP contribution in [0.5, 0.6) is 0 Å². The van der Waals surface area contributed by atoms with Gasteiger partial charge in [0, 0.05) is 24.9 Å². The van der Waals surface area contributed by atoms with Crippen molar-refractivity contribution in [1.82, 2.24) is 10.1 Å². The topological polar surface area (TPSA) is 59.2 Å². The highest BCUT2D eigenvalue weighted by Crippen LogP contribution is 2.44. The summed E-state index contributed by atoms with van der Waals surface area (Å²) in [4.78, 5) is 17.7. The zero-order valence-electron chi connectivity index (χ0n) is 16.9. The summed E-state index contributed by atoms with van der Waals surface area (Å²) in [5.74, 6) is -1.68. The molecule has 0 unspecified atom stereocenters. The molecular formula is C23H14ClF4N3O2. The molecule has 0 radical (unpaired) electrons. The Morgan fingerprint density at radius 1 is 1.03 bits per heavy atom. The molecule has 0 fully saturated rings. The lowest BCUT2D eigenvalue weighted by Gasteiger charge is -2.20. The van der Waals surface area contributed by atoms with Crippen LogP contribution in [0, 0.1) is 5.82 Å². The minimum atomic E-state index is -4.77. The molecule has 33 heavy (non-hydrogen) atoms. The van der Waals surface area contributed by atoms with Gasteiger partial charge in [-0.05, 0) is 48.0 Å². The van der Waals surface area contributed by atoms with Gasteiger partial charge in [0.25, 0.3) is 0 Å². The maximum absolute atomic E-state index is 14.1. The van der Waals surface area contributed by atoms with E-state index in [-0.39, 0.29) is 33.4 Å². The number of benzene rings is 2. The molecule has 0 aliphatic rings. The summed E-state index contributed by atoms with van der Waals surface area (Å²) in [5.41, 5.74) is -0.554. The van der Waals surface area contributed by atoms with Crippen molar-refractivity contribution in [3.8, 4) is 22.4 Å². The summed E-state index contributed by atoms with van der Waals surface area (Å²) in [6.45, 7) is 1.27. The third kappa shape index (κ3) is 4.45. The van der Waals surface area contributed by atoms with Crippen molar-refractivity contribution >= 4 is 29.1 Å². The normalized spacial score (nSPS) is 11.5. The van der Waals surface area contributed by atoms with Crippen LogP contribution in [0.4, 0.5) is 29.1 Å². The molecular weight excluding hydrogens is 462 g/mol. The number of carbonyl (C=O) groups excluding carboxylic acids is 1. The van der Waals surface area contributed by atoms with Gasteiger partial charge >= 0.3 is 6.18 Å². The summed E-state index contributed by atoms with van der Waals surface area (Å²) in [6, 6.07) is 11.7. The Hall–Kier alpha value is -3.72. The van der Waals surface area contributed by atoms with Crippen molar-refractivity contribution in [2.75, 3.05) is 4.90 Å². The number of nitrogens with zero attached hydrogens (tertiary/aromatic N) is 3. The lowest BCUT2D eigenvalue weighted by Crippen LogP contribution is -2.23. The van der Waals surface area contributed by atoms with E-state index in [2.05, 4.69) is 10.1 Å². The minimum Gasteiger partial charge on any atom is -0.337 e. The van der Waals surface area contributed by atoms with Crippen LogP contribution in [0.3, 0.4) is 0 Å². The van der Waals surface area contributed by atoms with Gasteiger partial charge in [-0.15, -0.1) is 0 Å². The first-order valence-electron chi connectivity index (χ1n) is 9.50. The van der Waals surface area contributed by atoms with Crippen molar-refractivity contribution in [2.45, 2.75) is 13.1 Å². The Bertz CT molecular complexity index is 1320. The van der Waals surface area contributed by atoms with Crippen molar-refractivity contribution in [3.05, 3.63) is 83.4 Å². The first kappa shape index (κ1) is 22.5. The Balaban J connectivity index is 2.00. The number of rotatable bonds is 4. The number of pyridine rings is 1. The molecule has 168 valence electrons. The highest BCUT2D eigenvalue weighted by atomic mass is 35.5. The molecule has 2 heterocycles. The highest BCUT2D eigenvalue weighted by Gasteiger charge is 2.33.